The first-order valence-corrected chi connectivity index (χ1v) is 6.81. The zero-order valence-electron chi connectivity index (χ0n) is 10.3. The van der Waals surface area contributed by atoms with E-state index in [1.165, 1.54) is 0 Å². The molecule has 0 aromatic heterocycles. The van der Waals surface area contributed by atoms with E-state index in [0.717, 1.165) is 22.9 Å². The van der Waals surface area contributed by atoms with E-state index in [2.05, 4.69) is 15.9 Å². The lowest BCUT2D eigenvalue weighted by Gasteiger charge is -2.24. The van der Waals surface area contributed by atoms with E-state index < -0.39 is 0 Å². The molecule has 0 aliphatic carbocycles. The lowest BCUT2D eigenvalue weighted by Crippen LogP contribution is -2.38. The molecule has 1 fully saturated rings. The first-order chi connectivity index (χ1) is 8.54. The van der Waals surface area contributed by atoms with Gasteiger partial charge in [-0.15, -0.1) is 0 Å². The Morgan fingerprint density at radius 1 is 1.61 bits per heavy atom. The summed E-state index contributed by atoms with van der Waals surface area (Å²) in [6.07, 6.45) is 1.81. The highest BCUT2D eigenvalue weighted by atomic mass is 79.9. The van der Waals surface area contributed by atoms with Crippen LogP contribution in [0.25, 0.3) is 0 Å². The minimum Gasteiger partial charge on any atom is -0.398 e. The third kappa shape index (κ3) is 2.37. The van der Waals surface area contributed by atoms with Crippen molar-refractivity contribution < 1.29 is 9.90 Å². The van der Waals surface area contributed by atoms with Crippen LogP contribution in [0.3, 0.4) is 0 Å². The maximum atomic E-state index is 12.5. The molecule has 1 atom stereocenters. The van der Waals surface area contributed by atoms with Gasteiger partial charge < -0.3 is 15.7 Å². The van der Waals surface area contributed by atoms with Gasteiger partial charge in [0.05, 0.1) is 12.6 Å². The van der Waals surface area contributed by atoms with Crippen molar-refractivity contribution in [3.05, 3.63) is 27.7 Å². The largest absolute Gasteiger partial charge is 0.398 e. The Hall–Kier alpha value is -1.07. The fraction of sp³-hybridized carbons (Fsp3) is 0.462. The standard InChI is InChI=1S/C13H17BrN2O2/c1-8-11(5-9(14)6-12(8)15)13(18)16-4-2-3-10(16)7-17/h5-6,10,17H,2-4,7,15H2,1H3/t10-/m0/s1. The Bertz CT molecular complexity index is 476. The van der Waals surface area contributed by atoms with Crippen molar-refractivity contribution in [2.75, 3.05) is 18.9 Å². The molecule has 0 bridgehead atoms. The molecule has 1 aromatic carbocycles. The van der Waals surface area contributed by atoms with E-state index in [4.69, 9.17) is 5.73 Å². The number of benzene rings is 1. The normalized spacial score (nSPS) is 19.3. The quantitative estimate of drug-likeness (QED) is 0.820. The van der Waals surface area contributed by atoms with E-state index >= 15 is 0 Å². The minimum atomic E-state index is -0.0582. The third-order valence-corrected chi connectivity index (χ3v) is 3.95. The van der Waals surface area contributed by atoms with Gasteiger partial charge in [0.15, 0.2) is 0 Å². The average Bonchev–Trinajstić information content (AvgIpc) is 2.81. The fourth-order valence-corrected chi connectivity index (χ4v) is 2.85. The number of amides is 1. The molecular weight excluding hydrogens is 296 g/mol. The highest BCUT2D eigenvalue weighted by Gasteiger charge is 2.29. The molecule has 0 unspecified atom stereocenters. The molecule has 2 rings (SSSR count). The molecule has 1 aliphatic rings. The predicted molar refractivity (Wildman–Crippen MR) is 74.4 cm³/mol. The average molecular weight is 313 g/mol. The fourth-order valence-electron chi connectivity index (χ4n) is 2.37. The number of anilines is 1. The highest BCUT2D eigenvalue weighted by Crippen LogP contribution is 2.26. The summed E-state index contributed by atoms with van der Waals surface area (Å²) in [7, 11) is 0. The minimum absolute atomic E-state index is 0.0221. The van der Waals surface area contributed by atoms with Gasteiger partial charge in [-0.25, -0.2) is 0 Å². The zero-order chi connectivity index (χ0) is 13.3. The molecule has 4 nitrogen and oxygen atoms in total. The van der Waals surface area contributed by atoms with Crippen LogP contribution in [0.2, 0.25) is 0 Å². The smallest absolute Gasteiger partial charge is 0.254 e. The van der Waals surface area contributed by atoms with Gasteiger partial charge in [-0.3, -0.25) is 4.79 Å². The molecule has 1 amide bonds. The summed E-state index contributed by atoms with van der Waals surface area (Å²) in [5, 5.41) is 9.28. The Balaban J connectivity index is 2.34. The number of hydrogen-bond acceptors (Lipinski definition) is 3. The Kier molecular flexibility index (Phi) is 3.92. The number of nitrogens with zero attached hydrogens (tertiary/aromatic N) is 1. The van der Waals surface area contributed by atoms with Gasteiger partial charge in [0.2, 0.25) is 0 Å². The molecule has 5 heteroatoms. The van der Waals surface area contributed by atoms with Crippen molar-refractivity contribution in [1.29, 1.82) is 0 Å². The number of rotatable bonds is 2. The number of carbonyl (C=O) groups excluding carboxylic acids is 1. The predicted octanol–water partition coefficient (Wildman–Crippen LogP) is 1.94. The number of hydrogen-bond donors (Lipinski definition) is 2. The van der Waals surface area contributed by atoms with Gasteiger partial charge in [-0.1, -0.05) is 15.9 Å². The van der Waals surface area contributed by atoms with Crippen molar-refractivity contribution >= 4 is 27.5 Å². The van der Waals surface area contributed by atoms with E-state index in [-0.39, 0.29) is 18.6 Å². The first-order valence-electron chi connectivity index (χ1n) is 6.02. The summed E-state index contributed by atoms with van der Waals surface area (Å²) in [6, 6.07) is 3.53. The molecule has 98 valence electrons. The maximum absolute atomic E-state index is 12.5. The number of likely N-dealkylation sites (tertiary alicyclic amines) is 1. The molecule has 1 saturated heterocycles. The second kappa shape index (κ2) is 5.28. The van der Waals surface area contributed by atoms with Gasteiger partial charge in [-0.2, -0.15) is 0 Å². The van der Waals surface area contributed by atoms with Crippen LogP contribution in [-0.2, 0) is 0 Å². The van der Waals surface area contributed by atoms with E-state index in [1.807, 2.05) is 6.92 Å². The summed E-state index contributed by atoms with van der Waals surface area (Å²) in [4.78, 5) is 14.2. The summed E-state index contributed by atoms with van der Waals surface area (Å²) in [5.74, 6) is -0.0444. The van der Waals surface area contributed by atoms with Crippen molar-refractivity contribution in [2.24, 2.45) is 0 Å². The van der Waals surface area contributed by atoms with Crippen molar-refractivity contribution in [2.45, 2.75) is 25.8 Å². The van der Waals surface area contributed by atoms with Crippen LogP contribution < -0.4 is 5.73 Å². The second-order valence-corrected chi connectivity index (χ2v) is 5.56. The summed E-state index contributed by atoms with van der Waals surface area (Å²) < 4.78 is 0.800. The van der Waals surface area contributed by atoms with Crippen LogP contribution in [0.4, 0.5) is 5.69 Å². The molecule has 1 heterocycles. The van der Waals surface area contributed by atoms with E-state index in [1.54, 1.807) is 17.0 Å². The molecule has 0 radical (unpaired) electrons. The van der Waals surface area contributed by atoms with Crippen LogP contribution >= 0.6 is 15.9 Å². The number of nitrogen functional groups attached to an aromatic ring is 1. The van der Waals surface area contributed by atoms with Crippen molar-refractivity contribution in [1.82, 2.24) is 4.90 Å². The van der Waals surface area contributed by atoms with Crippen LogP contribution in [0.1, 0.15) is 28.8 Å². The Morgan fingerprint density at radius 3 is 3.00 bits per heavy atom. The molecule has 0 saturated carbocycles. The van der Waals surface area contributed by atoms with Crippen LogP contribution in [-0.4, -0.2) is 35.1 Å². The molecule has 1 aliphatic heterocycles. The molecular formula is C13H17BrN2O2. The molecule has 0 spiro atoms. The number of nitrogens with two attached hydrogens (primary N) is 1. The van der Waals surface area contributed by atoms with Crippen molar-refractivity contribution in [3.8, 4) is 0 Å². The SMILES string of the molecule is Cc1c(N)cc(Br)cc1C(=O)N1CCC[C@H]1CO. The molecule has 18 heavy (non-hydrogen) atoms. The summed E-state index contributed by atoms with van der Waals surface area (Å²) in [5.41, 5.74) is 7.89. The second-order valence-electron chi connectivity index (χ2n) is 4.64. The van der Waals surface area contributed by atoms with Crippen molar-refractivity contribution in [3.63, 3.8) is 0 Å². The van der Waals surface area contributed by atoms with E-state index in [9.17, 15) is 9.90 Å². The Morgan fingerprint density at radius 2 is 2.33 bits per heavy atom. The molecule has 1 aromatic rings. The number of aliphatic hydroxyl groups excluding tert-OH is 1. The van der Waals surface area contributed by atoms with Gasteiger partial charge in [0, 0.05) is 22.3 Å². The van der Waals surface area contributed by atoms with Crippen LogP contribution in [0.15, 0.2) is 16.6 Å². The number of halogens is 1. The lowest BCUT2D eigenvalue weighted by molar-refractivity contribution is 0.0677. The zero-order valence-corrected chi connectivity index (χ0v) is 11.9. The first kappa shape index (κ1) is 13.4. The Labute approximate surface area is 115 Å². The van der Waals surface area contributed by atoms with Gasteiger partial charge >= 0.3 is 0 Å². The molecule has 3 N–H and O–H groups in total. The summed E-state index contributed by atoms with van der Waals surface area (Å²) >= 11 is 3.36. The van der Waals surface area contributed by atoms with Crippen LogP contribution in [0, 0.1) is 6.92 Å². The van der Waals surface area contributed by atoms with E-state index in [0.29, 0.717) is 17.8 Å². The van der Waals surface area contributed by atoms with Crippen LogP contribution in [0.5, 0.6) is 0 Å². The number of carbonyl (C=O) groups is 1. The third-order valence-electron chi connectivity index (χ3n) is 3.49. The van der Waals surface area contributed by atoms with Gasteiger partial charge in [-0.05, 0) is 37.5 Å². The van der Waals surface area contributed by atoms with Gasteiger partial charge in [0.25, 0.3) is 5.91 Å². The summed E-state index contributed by atoms with van der Waals surface area (Å²) in [6.45, 7) is 2.57. The monoisotopic (exact) mass is 312 g/mol. The van der Waals surface area contributed by atoms with Gasteiger partial charge in [0.1, 0.15) is 0 Å². The highest BCUT2D eigenvalue weighted by molar-refractivity contribution is 9.10. The number of aliphatic hydroxyl groups is 1. The lowest BCUT2D eigenvalue weighted by atomic mass is 10.1. The maximum Gasteiger partial charge on any atom is 0.254 e. The topological polar surface area (TPSA) is 66.6 Å².